The molecule has 4 heterocycles. The summed E-state index contributed by atoms with van der Waals surface area (Å²) < 4.78 is 7.79. The highest BCUT2D eigenvalue weighted by atomic mass is 16.5. The quantitative estimate of drug-likeness (QED) is 0.723. The molecule has 0 bridgehead atoms. The third-order valence-corrected chi connectivity index (χ3v) is 4.44. The van der Waals surface area contributed by atoms with Crippen LogP contribution < -0.4 is 0 Å². The van der Waals surface area contributed by atoms with Gasteiger partial charge in [-0.2, -0.15) is 0 Å². The SMILES string of the molecule is O=C(c1ccncn1)N1CCOC[C@H](Cc2nccn3cccc23)C1. The lowest BCUT2D eigenvalue weighted by atomic mass is 10.0. The third-order valence-electron chi connectivity index (χ3n) is 4.44. The summed E-state index contributed by atoms with van der Waals surface area (Å²) in [5.74, 6) is 0.119. The zero-order chi connectivity index (χ0) is 17.1. The fourth-order valence-electron chi connectivity index (χ4n) is 3.23. The number of nitrogens with zero attached hydrogens (tertiary/aromatic N) is 5. The zero-order valence-electron chi connectivity index (χ0n) is 13.8. The smallest absolute Gasteiger partial charge is 0.272 e. The van der Waals surface area contributed by atoms with Gasteiger partial charge in [-0.1, -0.05) is 0 Å². The normalized spacial score (nSPS) is 18.2. The largest absolute Gasteiger partial charge is 0.379 e. The Bertz CT molecular complexity index is 864. The van der Waals surface area contributed by atoms with Crippen LogP contribution in [0.15, 0.2) is 49.3 Å². The molecule has 1 aliphatic rings. The molecule has 0 saturated carbocycles. The maximum Gasteiger partial charge on any atom is 0.272 e. The monoisotopic (exact) mass is 337 g/mol. The van der Waals surface area contributed by atoms with Crippen molar-refractivity contribution in [2.45, 2.75) is 6.42 Å². The number of hydrogen-bond donors (Lipinski definition) is 0. The average molecular weight is 337 g/mol. The van der Waals surface area contributed by atoms with Crippen molar-refractivity contribution < 1.29 is 9.53 Å². The van der Waals surface area contributed by atoms with E-state index in [1.54, 1.807) is 12.3 Å². The van der Waals surface area contributed by atoms with Crippen molar-refractivity contribution in [3.63, 3.8) is 0 Å². The van der Waals surface area contributed by atoms with Crippen molar-refractivity contribution in [1.29, 1.82) is 0 Å². The first-order chi connectivity index (χ1) is 12.3. The molecule has 3 aromatic rings. The topological polar surface area (TPSA) is 72.6 Å². The Balaban J connectivity index is 1.52. The van der Waals surface area contributed by atoms with Crippen LogP contribution in [0.4, 0.5) is 0 Å². The summed E-state index contributed by atoms with van der Waals surface area (Å²) in [5.41, 5.74) is 2.54. The molecule has 1 saturated heterocycles. The van der Waals surface area contributed by atoms with Gasteiger partial charge in [-0.25, -0.2) is 9.97 Å². The molecule has 1 amide bonds. The molecule has 0 unspecified atom stereocenters. The van der Waals surface area contributed by atoms with Crippen molar-refractivity contribution in [2.75, 3.05) is 26.3 Å². The first-order valence-corrected chi connectivity index (χ1v) is 8.35. The Morgan fingerprint density at radius 3 is 3.08 bits per heavy atom. The van der Waals surface area contributed by atoms with E-state index in [0.29, 0.717) is 32.0 Å². The minimum absolute atomic E-state index is 0.0771. The maximum atomic E-state index is 12.7. The number of hydrogen-bond acceptors (Lipinski definition) is 5. The molecule has 0 N–H and O–H groups in total. The van der Waals surface area contributed by atoms with E-state index >= 15 is 0 Å². The highest BCUT2D eigenvalue weighted by molar-refractivity contribution is 5.92. The molecule has 4 rings (SSSR count). The van der Waals surface area contributed by atoms with E-state index in [4.69, 9.17) is 4.74 Å². The molecule has 7 heteroatoms. The number of fused-ring (bicyclic) bond motifs is 1. The number of carbonyl (C=O) groups excluding carboxylic acids is 1. The van der Waals surface area contributed by atoms with Crippen molar-refractivity contribution in [1.82, 2.24) is 24.3 Å². The van der Waals surface area contributed by atoms with Gasteiger partial charge in [0, 0.05) is 43.8 Å². The fraction of sp³-hybridized carbons (Fsp3) is 0.333. The van der Waals surface area contributed by atoms with Crippen LogP contribution in [0.25, 0.3) is 5.52 Å². The van der Waals surface area contributed by atoms with E-state index in [1.807, 2.05) is 29.6 Å². The van der Waals surface area contributed by atoms with Gasteiger partial charge in [0.05, 0.1) is 24.4 Å². The minimum atomic E-state index is -0.0771. The first-order valence-electron chi connectivity index (χ1n) is 8.35. The van der Waals surface area contributed by atoms with E-state index in [1.165, 1.54) is 6.33 Å². The number of rotatable bonds is 3. The molecule has 7 nitrogen and oxygen atoms in total. The van der Waals surface area contributed by atoms with Crippen molar-refractivity contribution in [3.8, 4) is 0 Å². The predicted octanol–water partition coefficient (Wildman–Crippen LogP) is 1.46. The summed E-state index contributed by atoms with van der Waals surface area (Å²) in [7, 11) is 0. The Labute approximate surface area is 145 Å². The number of aromatic nitrogens is 4. The molecule has 0 aliphatic carbocycles. The highest BCUT2D eigenvalue weighted by Gasteiger charge is 2.25. The van der Waals surface area contributed by atoms with E-state index in [-0.39, 0.29) is 11.8 Å². The van der Waals surface area contributed by atoms with Crippen LogP contribution >= 0.6 is 0 Å². The lowest BCUT2D eigenvalue weighted by molar-refractivity contribution is 0.0731. The highest BCUT2D eigenvalue weighted by Crippen LogP contribution is 2.18. The molecule has 3 aromatic heterocycles. The summed E-state index contributed by atoms with van der Waals surface area (Å²) >= 11 is 0. The molecule has 1 aliphatic heterocycles. The van der Waals surface area contributed by atoms with Crippen LogP contribution in [-0.4, -0.2) is 56.5 Å². The fourth-order valence-corrected chi connectivity index (χ4v) is 3.23. The molecule has 1 atom stereocenters. The lowest BCUT2D eigenvalue weighted by Gasteiger charge is -2.23. The van der Waals surface area contributed by atoms with Crippen LogP contribution in [0.2, 0.25) is 0 Å². The van der Waals surface area contributed by atoms with Crippen LogP contribution in [0.3, 0.4) is 0 Å². The molecule has 0 aromatic carbocycles. The summed E-state index contributed by atoms with van der Waals surface area (Å²) in [5, 5.41) is 0. The lowest BCUT2D eigenvalue weighted by Crippen LogP contribution is -2.37. The van der Waals surface area contributed by atoms with Crippen LogP contribution in [0.1, 0.15) is 16.2 Å². The molecule has 1 fully saturated rings. The van der Waals surface area contributed by atoms with E-state index < -0.39 is 0 Å². The number of ether oxygens (including phenoxy) is 1. The summed E-state index contributed by atoms with van der Waals surface area (Å²) in [6, 6.07) is 5.71. The van der Waals surface area contributed by atoms with Gasteiger partial charge in [0.15, 0.2) is 0 Å². The molecule has 0 radical (unpaired) electrons. The van der Waals surface area contributed by atoms with E-state index in [2.05, 4.69) is 25.4 Å². The van der Waals surface area contributed by atoms with Crippen LogP contribution in [0.5, 0.6) is 0 Å². The number of amides is 1. The van der Waals surface area contributed by atoms with Gasteiger partial charge in [-0.15, -0.1) is 0 Å². The van der Waals surface area contributed by atoms with Crippen molar-refractivity contribution >= 4 is 11.4 Å². The van der Waals surface area contributed by atoms with Crippen LogP contribution in [-0.2, 0) is 11.2 Å². The van der Waals surface area contributed by atoms with Gasteiger partial charge in [-0.05, 0) is 24.6 Å². The van der Waals surface area contributed by atoms with Crippen molar-refractivity contribution in [3.05, 3.63) is 60.7 Å². The zero-order valence-corrected chi connectivity index (χ0v) is 13.8. The molecular formula is C18H19N5O2. The second kappa shape index (κ2) is 6.98. The first kappa shape index (κ1) is 15.7. The number of carbonyl (C=O) groups is 1. The van der Waals surface area contributed by atoms with Gasteiger partial charge in [0.25, 0.3) is 5.91 Å². The maximum absolute atomic E-state index is 12.7. The third kappa shape index (κ3) is 3.36. The molecular weight excluding hydrogens is 318 g/mol. The molecule has 0 spiro atoms. The Morgan fingerprint density at radius 1 is 1.24 bits per heavy atom. The van der Waals surface area contributed by atoms with Crippen LogP contribution in [0, 0.1) is 5.92 Å². The van der Waals surface area contributed by atoms with Gasteiger partial charge >= 0.3 is 0 Å². The standard InChI is InChI=1S/C18H19N5O2/c24-18(15-3-4-19-13-21-15)23-8-9-25-12-14(11-23)10-16-17-2-1-6-22(17)7-5-20-16/h1-7,13-14H,8-12H2/t14-/m1/s1. The molecule has 25 heavy (non-hydrogen) atoms. The van der Waals surface area contributed by atoms with Gasteiger partial charge in [0.2, 0.25) is 0 Å². The average Bonchev–Trinajstić information content (AvgIpc) is 3.02. The Hall–Kier alpha value is -2.80. The van der Waals surface area contributed by atoms with Gasteiger partial charge < -0.3 is 14.0 Å². The van der Waals surface area contributed by atoms with Crippen molar-refractivity contribution in [2.24, 2.45) is 5.92 Å². The predicted molar refractivity (Wildman–Crippen MR) is 91.1 cm³/mol. The van der Waals surface area contributed by atoms with Gasteiger partial charge in [-0.3, -0.25) is 9.78 Å². The second-order valence-electron chi connectivity index (χ2n) is 6.17. The summed E-state index contributed by atoms with van der Waals surface area (Å²) in [4.78, 5) is 27.0. The Kier molecular flexibility index (Phi) is 4.39. The van der Waals surface area contributed by atoms with E-state index in [9.17, 15) is 4.79 Å². The second-order valence-corrected chi connectivity index (χ2v) is 6.17. The van der Waals surface area contributed by atoms with Gasteiger partial charge in [0.1, 0.15) is 12.0 Å². The minimum Gasteiger partial charge on any atom is -0.379 e. The molecule has 128 valence electrons. The Morgan fingerprint density at radius 2 is 2.20 bits per heavy atom. The van der Waals surface area contributed by atoms with E-state index in [0.717, 1.165) is 17.6 Å². The summed E-state index contributed by atoms with van der Waals surface area (Å²) in [6.07, 6.45) is 9.51. The summed E-state index contributed by atoms with van der Waals surface area (Å²) in [6.45, 7) is 2.36.